The van der Waals surface area contributed by atoms with E-state index >= 15 is 0 Å². The van der Waals surface area contributed by atoms with E-state index in [0.29, 0.717) is 6.54 Å². The summed E-state index contributed by atoms with van der Waals surface area (Å²) in [6.45, 7) is 7.88. The Hall–Kier alpha value is -1.56. The molecule has 0 spiro atoms. The number of fused-ring (bicyclic) bond motifs is 1. The molecule has 1 aliphatic heterocycles. The third-order valence-corrected chi connectivity index (χ3v) is 5.28. The van der Waals surface area contributed by atoms with Crippen LogP contribution in [0.3, 0.4) is 0 Å². The molecule has 0 atom stereocenters. The second-order valence-corrected chi connectivity index (χ2v) is 8.25. The third-order valence-electron chi connectivity index (χ3n) is 5.28. The molecule has 0 radical (unpaired) electrons. The summed E-state index contributed by atoms with van der Waals surface area (Å²) in [6, 6.07) is -0.0467. The number of carbonyl (C=O) groups is 1. The Morgan fingerprint density at radius 1 is 1.20 bits per heavy atom. The molecule has 6 heteroatoms. The van der Waals surface area contributed by atoms with E-state index in [4.69, 9.17) is 4.52 Å². The number of rotatable bonds is 5. The molecule has 3 rings (SSSR count). The van der Waals surface area contributed by atoms with Gasteiger partial charge in [0.15, 0.2) is 0 Å². The summed E-state index contributed by atoms with van der Waals surface area (Å²) in [4.78, 5) is 16.8. The molecule has 0 aromatic carbocycles. The maximum atomic E-state index is 12.6. The Labute approximate surface area is 150 Å². The maximum absolute atomic E-state index is 12.6. The van der Waals surface area contributed by atoms with Gasteiger partial charge in [-0.05, 0) is 59.0 Å². The molecule has 2 heterocycles. The molecule has 1 aromatic rings. The molecule has 140 valence electrons. The van der Waals surface area contributed by atoms with Crippen LogP contribution in [0.4, 0.5) is 4.79 Å². The normalized spacial score (nSPS) is 18.7. The zero-order chi connectivity index (χ0) is 17.9. The fraction of sp³-hybridized carbons (Fsp3) is 0.789. The van der Waals surface area contributed by atoms with Crippen LogP contribution in [0, 0.1) is 0 Å². The number of likely N-dealkylation sites (tertiary alicyclic amines) is 1. The molecule has 1 aromatic heterocycles. The van der Waals surface area contributed by atoms with Crippen LogP contribution in [0.15, 0.2) is 4.52 Å². The second-order valence-electron chi connectivity index (χ2n) is 8.25. The molecule has 1 aliphatic carbocycles. The predicted molar refractivity (Wildman–Crippen MR) is 97.5 cm³/mol. The third kappa shape index (κ3) is 4.75. The van der Waals surface area contributed by atoms with Crippen molar-refractivity contribution in [2.24, 2.45) is 0 Å². The van der Waals surface area contributed by atoms with Crippen LogP contribution in [0.5, 0.6) is 0 Å². The second kappa shape index (κ2) is 7.77. The molecule has 25 heavy (non-hydrogen) atoms. The van der Waals surface area contributed by atoms with Crippen LogP contribution in [-0.4, -0.2) is 53.2 Å². The van der Waals surface area contributed by atoms with Crippen LogP contribution >= 0.6 is 0 Å². The first-order valence-corrected chi connectivity index (χ1v) is 9.66. The number of aryl methyl sites for hydroxylation is 1. The van der Waals surface area contributed by atoms with Crippen molar-refractivity contribution >= 4 is 6.03 Å². The molecular weight excluding hydrogens is 316 g/mol. The SMILES string of the molecule is CN(Cc1noc2c1CCCC2)C(=O)NC(C)(C)CN1CCCCC1. The summed E-state index contributed by atoms with van der Waals surface area (Å²) in [5, 5.41) is 7.39. The average Bonchev–Trinajstić information content (AvgIpc) is 2.98. The minimum atomic E-state index is -0.244. The molecular formula is C19H32N4O2. The highest BCUT2D eigenvalue weighted by atomic mass is 16.5. The van der Waals surface area contributed by atoms with Crippen molar-refractivity contribution in [2.75, 3.05) is 26.7 Å². The quantitative estimate of drug-likeness (QED) is 0.889. The average molecular weight is 348 g/mol. The van der Waals surface area contributed by atoms with Crippen molar-refractivity contribution in [3.8, 4) is 0 Å². The Morgan fingerprint density at radius 2 is 1.92 bits per heavy atom. The highest BCUT2D eigenvalue weighted by Crippen LogP contribution is 2.25. The lowest BCUT2D eigenvalue weighted by molar-refractivity contribution is 0.158. The van der Waals surface area contributed by atoms with E-state index in [-0.39, 0.29) is 11.6 Å². The summed E-state index contributed by atoms with van der Waals surface area (Å²) in [6.07, 6.45) is 8.20. The molecule has 2 amide bonds. The number of nitrogens with one attached hydrogen (secondary N) is 1. The monoisotopic (exact) mass is 348 g/mol. The van der Waals surface area contributed by atoms with Crippen molar-refractivity contribution in [3.63, 3.8) is 0 Å². The lowest BCUT2D eigenvalue weighted by atomic mass is 9.96. The number of nitrogens with zero attached hydrogens (tertiary/aromatic N) is 3. The van der Waals surface area contributed by atoms with Crippen molar-refractivity contribution in [3.05, 3.63) is 17.0 Å². The molecule has 1 saturated heterocycles. The maximum Gasteiger partial charge on any atom is 0.317 e. The van der Waals surface area contributed by atoms with Crippen molar-refractivity contribution in [1.29, 1.82) is 0 Å². The number of piperidine rings is 1. The van der Waals surface area contributed by atoms with Crippen LogP contribution in [-0.2, 0) is 19.4 Å². The minimum Gasteiger partial charge on any atom is -0.361 e. The smallest absolute Gasteiger partial charge is 0.317 e. The van der Waals surface area contributed by atoms with Gasteiger partial charge in [0.25, 0.3) is 0 Å². The van der Waals surface area contributed by atoms with Gasteiger partial charge in [-0.15, -0.1) is 0 Å². The lowest BCUT2D eigenvalue weighted by Crippen LogP contribution is -2.55. The van der Waals surface area contributed by atoms with E-state index in [1.165, 1.54) is 37.7 Å². The summed E-state index contributed by atoms with van der Waals surface area (Å²) in [7, 11) is 1.83. The van der Waals surface area contributed by atoms with Crippen LogP contribution in [0.1, 0.15) is 63.0 Å². The van der Waals surface area contributed by atoms with Crippen molar-refractivity contribution < 1.29 is 9.32 Å². The highest BCUT2D eigenvalue weighted by molar-refractivity contribution is 5.74. The molecule has 6 nitrogen and oxygen atoms in total. The van der Waals surface area contributed by atoms with Gasteiger partial charge in [0.1, 0.15) is 11.5 Å². The molecule has 1 N–H and O–H groups in total. The number of carbonyl (C=O) groups excluding carboxylic acids is 1. The Bertz CT molecular complexity index is 590. The van der Waals surface area contributed by atoms with Gasteiger partial charge in [-0.3, -0.25) is 0 Å². The van der Waals surface area contributed by atoms with Crippen LogP contribution < -0.4 is 5.32 Å². The molecule has 2 aliphatic rings. The van der Waals surface area contributed by atoms with Gasteiger partial charge in [-0.1, -0.05) is 11.6 Å². The lowest BCUT2D eigenvalue weighted by Gasteiger charge is -2.36. The van der Waals surface area contributed by atoms with Crippen LogP contribution in [0.25, 0.3) is 0 Å². The number of hydrogen-bond acceptors (Lipinski definition) is 4. The zero-order valence-corrected chi connectivity index (χ0v) is 15.9. The molecule has 1 fully saturated rings. The Morgan fingerprint density at radius 3 is 2.68 bits per heavy atom. The number of aromatic nitrogens is 1. The van der Waals surface area contributed by atoms with Crippen LogP contribution in [0.2, 0.25) is 0 Å². The van der Waals surface area contributed by atoms with Crippen molar-refractivity contribution in [2.45, 2.75) is 70.9 Å². The summed E-state index contributed by atoms with van der Waals surface area (Å²) >= 11 is 0. The van der Waals surface area contributed by atoms with E-state index < -0.39 is 0 Å². The number of urea groups is 1. The summed E-state index contributed by atoms with van der Waals surface area (Å²) in [5.41, 5.74) is 1.89. The fourth-order valence-electron chi connectivity index (χ4n) is 3.97. The standard InChI is InChI=1S/C19H32N4O2/c1-19(2,14-23-11-7-4-8-12-23)20-18(24)22(3)13-16-15-9-5-6-10-17(15)25-21-16/h4-14H2,1-3H3,(H,20,24). The van der Waals surface area contributed by atoms with E-state index in [0.717, 1.165) is 43.9 Å². The molecule has 0 saturated carbocycles. The first kappa shape index (κ1) is 18.2. The van der Waals surface area contributed by atoms with Gasteiger partial charge in [0.05, 0.1) is 6.54 Å². The fourth-order valence-corrected chi connectivity index (χ4v) is 3.97. The highest BCUT2D eigenvalue weighted by Gasteiger charge is 2.27. The summed E-state index contributed by atoms with van der Waals surface area (Å²) < 4.78 is 5.45. The number of amides is 2. The largest absolute Gasteiger partial charge is 0.361 e. The van der Waals surface area contributed by atoms with Gasteiger partial charge in [0.2, 0.25) is 0 Å². The van der Waals surface area contributed by atoms with E-state index in [1.807, 2.05) is 7.05 Å². The Kier molecular flexibility index (Phi) is 5.67. The van der Waals surface area contributed by atoms with Crippen molar-refractivity contribution in [1.82, 2.24) is 20.3 Å². The van der Waals surface area contributed by atoms with Gasteiger partial charge in [-0.25, -0.2) is 4.79 Å². The van der Waals surface area contributed by atoms with E-state index in [1.54, 1.807) is 4.90 Å². The molecule has 0 unspecified atom stereocenters. The van der Waals surface area contributed by atoms with Gasteiger partial charge >= 0.3 is 6.03 Å². The topological polar surface area (TPSA) is 61.6 Å². The van der Waals surface area contributed by atoms with Gasteiger partial charge in [0, 0.05) is 31.1 Å². The predicted octanol–water partition coefficient (Wildman–Crippen LogP) is 2.96. The van der Waals surface area contributed by atoms with E-state index in [9.17, 15) is 4.79 Å². The van der Waals surface area contributed by atoms with Gasteiger partial charge < -0.3 is 19.6 Å². The summed E-state index contributed by atoms with van der Waals surface area (Å²) in [5.74, 6) is 1.01. The minimum absolute atomic E-state index is 0.0467. The van der Waals surface area contributed by atoms with E-state index in [2.05, 4.69) is 29.2 Å². The Balaban J connectivity index is 1.54. The zero-order valence-electron chi connectivity index (χ0n) is 15.9. The first-order valence-electron chi connectivity index (χ1n) is 9.66. The van der Waals surface area contributed by atoms with Gasteiger partial charge in [-0.2, -0.15) is 0 Å². The molecule has 0 bridgehead atoms. The first-order chi connectivity index (χ1) is 11.9. The number of hydrogen-bond donors (Lipinski definition) is 1.